The Morgan fingerprint density at radius 2 is 2.19 bits per heavy atom. The summed E-state index contributed by atoms with van der Waals surface area (Å²) in [5.74, 6) is 0.394. The van der Waals surface area contributed by atoms with E-state index in [4.69, 9.17) is 21.1 Å². The van der Waals surface area contributed by atoms with Gasteiger partial charge in [0.05, 0.1) is 7.11 Å². The number of rotatable bonds is 2. The van der Waals surface area contributed by atoms with Crippen LogP contribution in [0.3, 0.4) is 0 Å². The van der Waals surface area contributed by atoms with Crippen molar-refractivity contribution in [1.82, 2.24) is 0 Å². The number of hydrogen-bond donors (Lipinski definition) is 0. The Kier molecular flexibility index (Phi) is 2.96. The molecule has 0 aromatic rings. The zero-order chi connectivity index (χ0) is 12.0. The highest BCUT2D eigenvalue weighted by atomic mass is 35.5. The van der Waals surface area contributed by atoms with Crippen LogP contribution in [0.2, 0.25) is 0 Å². The first-order valence-electron chi connectivity index (χ1n) is 5.95. The number of alkyl halides is 1. The van der Waals surface area contributed by atoms with Crippen molar-refractivity contribution in [1.29, 1.82) is 0 Å². The largest absolute Gasteiger partial charge is 0.466 e. The van der Waals surface area contributed by atoms with Crippen LogP contribution in [-0.2, 0) is 14.3 Å². The van der Waals surface area contributed by atoms with Gasteiger partial charge in [-0.2, -0.15) is 0 Å². The molecule has 2 fully saturated rings. The molecule has 2 rings (SSSR count). The van der Waals surface area contributed by atoms with Gasteiger partial charge in [0.15, 0.2) is 0 Å². The van der Waals surface area contributed by atoms with Crippen LogP contribution in [0.4, 0.5) is 0 Å². The topological polar surface area (TPSA) is 38.8 Å². The number of halogens is 1. The molecule has 0 amide bonds. The number of carbonyl (C=O) groups excluding carboxylic acids is 1. The maximum Gasteiger partial charge on any atom is 0.357 e. The minimum absolute atomic E-state index is 0.359. The summed E-state index contributed by atoms with van der Waals surface area (Å²) in [6.45, 7) is 4.32. The first kappa shape index (κ1) is 12.2. The van der Waals surface area contributed by atoms with Crippen molar-refractivity contribution in [2.75, 3.05) is 7.11 Å². The van der Waals surface area contributed by atoms with Crippen molar-refractivity contribution in [3.05, 3.63) is 0 Å². The molecule has 1 aliphatic carbocycles. The third kappa shape index (κ3) is 1.48. The summed E-state index contributed by atoms with van der Waals surface area (Å²) in [4.78, 5) is 11.7. The Hall–Kier alpha value is -0.280. The Balaban J connectivity index is 2.22. The molecule has 16 heavy (non-hydrogen) atoms. The van der Waals surface area contributed by atoms with Gasteiger partial charge in [0, 0.05) is 0 Å². The van der Waals surface area contributed by atoms with Gasteiger partial charge in [-0.1, -0.05) is 38.3 Å². The molecule has 1 saturated heterocycles. The Morgan fingerprint density at radius 1 is 1.50 bits per heavy atom. The van der Waals surface area contributed by atoms with E-state index in [0.717, 1.165) is 19.3 Å². The Labute approximate surface area is 101 Å². The van der Waals surface area contributed by atoms with Gasteiger partial charge < -0.3 is 9.47 Å². The molecule has 0 radical (unpaired) electrons. The molecule has 4 heteroatoms. The maximum absolute atomic E-state index is 11.7. The lowest BCUT2D eigenvalue weighted by atomic mass is 9.71. The minimum Gasteiger partial charge on any atom is -0.466 e. The Bertz CT molecular complexity index is 305. The number of methoxy groups -OCH3 is 1. The van der Waals surface area contributed by atoms with Crippen LogP contribution >= 0.6 is 11.6 Å². The summed E-state index contributed by atoms with van der Waals surface area (Å²) in [6, 6.07) is 0. The van der Waals surface area contributed by atoms with Crippen LogP contribution in [0.25, 0.3) is 0 Å². The van der Waals surface area contributed by atoms with Crippen LogP contribution in [0, 0.1) is 11.8 Å². The summed E-state index contributed by atoms with van der Waals surface area (Å²) in [7, 11) is 1.36. The fourth-order valence-electron chi connectivity index (χ4n) is 3.14. The highest BCUT2D eigenvalue weighted by molar-refractivity contribution is 6.36. The molecule has 0 aromatic carbocycles. The lowest BCUT2D eigenvalue weighted by Gasteiger charge is -2.32. The van der Waals surface area contributed by atoms with E-state index in [9.17, 15) is 4.79 Å². The van der Waals surface area contributed by atoms with Gasteiger partial charge in [-0.25, -0.2) is 4.79 Å². The van der Waals surface area contributed by atoms with Crippen molar-refractivity contribution < 1.29 is 14.3 Å². The van der Waals surface area contributed by atoms with Crippen LogP contribution in [0.5, 0.6) is 0 Å². The lowest BCUT2D eigenvalue weighted by Crippen LogP contribution is -2.40. The summed E-state index contributed by atoms with van der Waals surface area (Å²) < 4.78 is 10.4. The van der Waals surface area contributed by atoms with E-state index in [1.807, 2.05) is 0 Å². The van der Waals surface area contributed by atoms with E-state index in [0.29, 0.717) is 11.8 Å². The molecule has 2 aliphatic rings. The molecule has 3 atom stereocenters. The zero-order valence-corrected chi connectivity index (χ0v) is 10.8. The molecule has 1 spiro atoms. The highest BCUT2D eigenvalue weighted by Crippen LogP contribution is 2.63. The molecule has 0 aromatic heterocycles. The Morgan fingerprint density at radius 3 is 2.75 bits per heavy atom. The molecule has 1 heterocycles. The molecule has 1 aliphatic heterocycles. The number of hydrogen-bond acceptors (Lipinski definition) is 3. The molecule has 0 bridgehead atoms. The summed E-state index contributed by atoms with van der Waals surface area (Å²) in [5, 5.41) is -1.21. The first-order valence-corrected chi connectivity index (χ1v) is 6.33. The van der Waals surface area contributed by atoms with Gasteiger partial charge in [-0.05, 0) is 24.7 Å². The number of epoxide rings is 1. The average molecular weight is 247 g/mol. The van der Waals surface area contributed by atoms with Gasteiger partial charge in [0.2, 0.25) is 0 Å². The van der Waals surface area contributed by atoms with Gasteiger partial charge in [-0.15, -0.1) is 0 Å². The monoisotopic (exact) mass is 246 g/mol. The van der Waals surface area contributed by atoms with Crippen LogP contribution < -0.4 is 0 Å². The van der Waals surface area contributed by atoms with Crippen LogP contribution in [-0.4, -0.2) is 23.7 Å². The molecular formula is C12H19ClO3. The third-order valence-corrected chi connectivity index (χ3v) is 4.54. The quantitative estimate of drug-likeness (QED) is 0.427. The standard InChI is InChI=1S/C12H19ClO3/c1-8(2)9-6-4-5-7-11(9)12(13,16-11)10(14)15-3/h8-9H,4-7H2,1-3H3. The zero-order valence-electron chi connectivity index (χ0n) is 10.1. The second-order valence-corrected chi connectivity index (χ2v) is 5.71. The molecular weight excluding hydrogens is 228 g/mol. The van der Waals surface area contributed by atoms with Crippen LogP contribution in [0.1, 0.15) is 39.5 Å². The molecule has 1 saturated carbocycles. The smallest absolute Gasteiger partial charge is 0.357 e. The summed E-state index contributed by atoms with van der Waals surface area (Å²) in [5.41, 5.74) is -0.464. The fraction of sp³-hybridized carbons (Fsp3) is 0.917. The number of esters is 1. The molecule has 92 valence electrons. The molecule has 0 N–H and O–H groups in total. The summed E-state index contributed by atoms with van der Waals surface area (Å²) in [6.07, 6.45) is 4.23. The molecule has 3 unspecified atom stereocenters. The van der Waals surface area contributed by atoms with Crippen molar-refractivity contribution >= 4 is 17.6 Å². The van der Waals surface area contributed by atoms with E-state index in [-0.39, 0.29) is 0 Å². The van der Waals surface area contributed by atoms with Gasteiger partial charge in [0.1, 0.15) is 5.60 Å². The fourth-order valence-corrected chi connectivity index (χ4v) is 3.59. The van der Waals surface area contributed by atoms with Gasteiger partial charge in [0.25, 0.3) is 5.06 Å². The highest BCUT2D eigenvalue weighted by Gasteiger charge is 2.78. The van der Waals surface area contributed by atoms with E-state index in [1.54, 1.807) is 0 Å². The number of carbonyl (C=O) groups is 1. The predicted molar refractivity (Wildman–Crippen MR) is 61.2 cm³/mol. The summed E-state index contributed by atoms with van der Waals surface area (Å²) >= 11 is 6.27. The third-order valence-electron chi connectivity index (χ3n) is 3.99. The van der Waals surface area contributed by atoms with Crippen LogP contribution in [0.15, 0.2) is 0 Å². The van der Waals surface area contributed by atoms with E-state index in [1.165, 1.54) is 13.5 Å². The lowest BCUT2D eigenvalue weighted by molar-refractivity contribution is -0.143. The van der Waals surface area contributed by atoms with Gasteiger partial charge in [-0.3, -0.25) is 0 Å². The first-order chi connectivity index (χ1) is 7.48. The molecule has 3 nitrogen and oxygen atoms in total. The van der Waals surface area contributed by atoms with Crippen molar-refractivity contribution in [2.45, 2.75) is 50.2 Å². The van der Waals surface area contributed by atoms with E-state index in [2.05, 4.69) is 13.8 Å². The normalized spacial score (nSPS) is 42.4. The SMILES string of the molecule is COC(=O)C1(Cl)OC12CCCCC2C(C)C. The van der Waals surface area contributed by atoms with E-state index < -0.39 is 16.6 Å². The maximum atomic E-state index is 11.7. The van der Waals surface area contributed by atoms with Crippen molar-refractivity contribution in [3.8, 4) is 0 Å². The second-order valence-electron chi connectivity index (χ2n) is 5.17. The second kappa shape index (κ2) is 3.88. The average Bonchev–Trinajstić information content (AvgIpc) is 2.84. The van der Waals surface area contributed by atoms with E-state index >= 15 is 0 Å². The number of ether oxygens (including phenoxy) is 2. The predicted octanol–water partition coefficient (Wildman–Crippen LogP) is 2.71. The minimum atomic E-state index is -1.21. The van der Waals surface area contributed by atoms with Crippen molar-refractivity contribution in [2.24, 2.45) is 11.8 Å². The van der Waals surface area contributed by atoms with Gasteiger partial charge >= 0.3 is 5.97 Å². The van der Waals surface area contributed by atoms with Crippen molar-refractivity contribution in [3.63, 3.8) is 0 Å².